The molecular weight excluding hydrogens is 248 g/mol. The van der Waals surface area contributed by atoms with E-state index in [1.807, 2.05) is 0 Å². The molecule has 3 saturated heterocycles. The second kappa shape index (κ2) is 3.27. The first-order valence-electron chi connectivity index (χ1n) is 6.00. The van der Waals surface area contributed by atoms with Crippen molar-refractivity contribution in [1.82, 2.24) is 4.90 Å². The number of alkyl halides is 2. The molecule has 0 aromatic carbocycles. The fraction of sp³-hybridized carbons (Fsp3) is 0.818. The van der Waals surface area contributed by atoms with Crippen molar-refractivity contribution in [2.75, 3.05) is 13.2 Å². The van der Waals surface area contributed by atoms with Crippen molar-refractivity contribution in [3.8, 4) is 0 Å². The van der Waals surface area contributed by atoms with Crippen molar-refractivity contribution in [3.05, 3.63) is 0 Å². The molecule has 7 atom stereocenters. The molecule has 4 fully saturated rings. The van der Waals surface area contributed by atoms with Crippen LogP contribution in [0.2, 0.25) is 0 Å². The number of carbonyl (C=O) groups is 2. The van der Waals surface area contributed by atoms with Gasteiger partial charge in [-0.05, 0) is 0 Å². The van der Waals surface area contributed by atoms with Crippen LogP contribution < -0.4 is 0 Å². The Balaban J connectivity index is 1.64. The van der Waals surface area contributed by atoms with Crippen LogP contribution in [0.15, 0.2) is 0 Å². The lowest BCUT2D eigenvalue weighted by atomic mass is 9.78. The summed E-state index contributed by atoms with van der Waals surface area (Å²) in [5, 5.41) is 0. The van der Waals surface area contributed by atoms with E-state index in [1.165, 1.54) is 0 Å². The number of hydrogen-bond donors (Lipinski definition) is 0. The van der Waals surface area contributed by atoms with Gasteiger partial charge in [0, 0.05) is 0 Å². The standard InChI is InChI=1S/C11H11F2NO4/c12-6-4-5(7(13)9-8(6)18-9)11(16)14(10(4)15)1-3-2-17-3/h3-9H,1-2H2. The number of rotatable bonds is 2. The average Bonchev–Trinajstić information content (AvgIpc) is 3.21. The molecule has 98 valence electrons. The van der Waals surface area contributed by atoms with Gasteiger partial charge < -0.3 is 9.47 Å². The fourth-order valence-corrected chi connectivity index (χ4v) is 3.06. The van der Waals surface area contributed by atoms with E-state index in [9.17, 15) is 18.4 Å². The molecule has 4 rings (SSSR count). The summed E-state index contributed by atoms with van der Waals surface area (Å²) in [6.45, 7) is 0.596. The maximum absolute atomic E-state index is 14.0. The minimum atomic E-state index is -1.58. The first kappa shape index (κ1) is 10.8. The smallest absolute Gasteiger partial charge is 0.236 e. The average molecular weight is 259 g/mol. The number of nitrogens with zero attached hydrogens (tertiary/aromatic N) is 1. The Morgan fingerprint density at radius 1 is 1.11 bits per heavy atom. The molecule has 0 spiro atoms. The van der Waals surface area contributed by atoms with Gasteiger partial charge in [0.2, 0.25) is 11.8 Å². The topological polar surface area (TPSA) is 62.4 Å². The first-order valence-corrected chi connectivity index (χ1v) is 6.00. The molecule has 3 aliphatic heterocycles. The van der Waals surface area contributed by atoms with Gasteiger partial charge in [0.1, 0.15) is 24.6 Å². The summed E-state index contributed by atoms with van der Waals surface area (Å²) in [4.78, 5) is 25.0. The highest BCUT2D eigenvalue weighted by molar-refractivity contribution is 6.06. The van der Waals surface area contributed by atoms with Crippen LogP contribution in [0.4, 0.5) is 8.78 Å². The number of ether oxygens (including phenoxy) is 2. The molecule has 18 heavy (non-hydrogen) atoms. The summed E-state index contributed by atoms with van der Waals surface area (Å²) in [6.07, 6.45) is -5.02. The lowest BCUT2D eigenvalue weighted by Gasteiger charge is -2.24. The van der Waals surface area contributed by atoms with Crippen molar-refractivity contribution in [3.63, 3.8) is 0 Å². The normalized spacial score (nSPS) is 53.2. The highest BCUT2D eigenvalue weighted by Gasteiger charge is 2.69. The highest BCUT2D eigenvalue weighted by Crippen LogP contribution is 2.50. The highest BCUT2D eigenvalue weighted by atomic mass is 19.1. The molecule has 0 aromatic heterocycles. The largest absolute Gasteiger partial charge is 0.371 e. The van der Waals surface area contributed by atoms with Crippen molar-refractivity contribution < 1.29 is 27.8 Å². The number of fused-ring (bicyclic) bond motifs is 2. The van der Waals surface area contributed by atoms with E-state index in [0.29, 0.717) is 6.61 Å². The molecule has 7 heteroatoms. The summed E-state index contributed by atoms with van der Waals surface area (Å²) < 4.78 is 37.8. The first-order chi connectivity index (χ1) is 8.59. The fourth-order valence-electron chi connectivity index (χ4n) is 3.06. The van der Waals surface area contributed by atoms with Gasteiger partial charge in [0.15, 0.2) is 0 Å². The Kier molecular flexibility index (Phi) is 1.96. The van der Waals surface area contributed by atoms with Gasteiger partial charge in [-0.15, -0.1) is 0 Å². The van der Waals surface area contributed by atoms with Gasteiger partial charge in [-0.2, -0.15) is 0 Å². The Labute approximate surface area is 101 Å². The third-order valence-corrected chi connectivity index (χ3v) is 4.15. The number of carbonyl (C=O) groups excluding carboxylic acids is 2. The van der Waals surface area contributed by atoms with E-state index in [0.717, 1.165) is 4.90 Å². The number of likely N-dealkylation sites (tertiary alicyclic amines) is 1. The van der Waals surface area contributed by atoms with Crippen LogP contribution in [0, 0.1) is 11.8 Å². The second-order valence-electron chi connectivity index (χ2n) is 5.25. The van der Waals surface area contributed by atoms with Crippen LogP contribution in [0.25, 0.3) is 0 Å². The number of epoxide rings is 2. The predicted molar refractivity (Wildman–Crippen MR) is 51.9 cm³/mol. The second-order valence-corrected chi connectivity index (χ2v) is 5.25. The molecule has 1 aliphatic carbocycles. The van der Waals surface area contributed by atoms with E-state index < -0.39 is 48.2 Å². The number of imide groups is 1. The molecular formula is C11H11F2NO4. The van der Waals surface area contributed by atoms with Gasteiger partial charge >= 0.3 is 0 Å². The molecule has 7 unspecified atom stereocenters. The van der Waals surface area contributed by atoms with Gasteiger partial charge in [-0.25, -0.2) is 8.78 Å². The molecule has 3 heterocycles. The van der Waals surface area contributed by atoms with Crippen molar-refractivity contribution in [2.45, 2.75) is 30.7 Å². The summed E-state index contributed by atoms with van der Waals surface area (Å²) in [6, 6.07) is 0. The molecule has 0 N–H and O–H groups in total. The third kappa shape index (κ3) is 1.26. The van der Waals surface area contributed by atoms with Gasteiger partial charge in [0.25, 0.3) is 0 Å². The molecule has 0 bridgehead atoms. The van der Waals surface area contributed by atoms with Crippen molar-refractivity contribution in [1.29, 1.82) is 0 Å². The van der Waals surface area contributed by atoms with Gasteiger partial charge in [-0.1, -0.05) is 0 Å². The summed E-state index contributed by atoms with van der Waals surface area (Å²) in [5.41, 5.74) is 0. The molecule has 0 aromatic rings. The third-order valence-electron chi connectivity index (χ3n) is 4.15. The van der Waals surface area contributed by atoms with Crippen molar-refractivity contribution in [2.24, 2.45) is 11.8 Å². The zero-order valence-electron chi connectivity index (χ0n) is 9.29. The van der Waals surface area contributed by atoms with Crippen LogP contribution in [0.3, 0.4) is 0 Å². The van der Waals surface area contributed by atoms with E-state index in [2.05, 4.69) is 0 Å². The lowest BCUT2D eigenvalue weighted by Crippen LogP contribution is -2.44. The van der Waals surface area contributed by atoms with E-state index in [4.69, 9.17) is 9.47 Å². The van der Waals surface area contributed by atoms with Gasteiger partial charge in [0.05, 0.1) is 31.1 Å². The zero-order valence-corrected chi connectivity index (χ0v) is 9.29. The molecule has 4 aliphatic rings. The molecule has 1 saturated carbocycles. The SMILES string of the molecule is O=C1C2C(F)C3OC3C(F)C2C(=O)N1CC1CO1. The molecule has 2 amide bonds. The van der Waals surface area contributed by atoms with E-state index in [1.54, 1.807) is 0 Å². The lowest BCUT2D eigenvalue weighted by molar-refractivity contribution is -0.140. The Hall–Kier alpha value is -1.08. The molecule has 5 nitrogen and oxygen atoms in total. The molecule has 0 radical (unpaired) electrons. The van der Waals surface area contributed by atoms with Crippen LogP contribution in [-0.4, -0.2) is 60.5 Å². The zero-order chi connectivity index (χ0) is 12.6. The van der Waals surface area contributed by atoms with Crippen LogP contribution >= 0.6 is 0 Å². The van der Waals surface area contributed by atoms with Gasteiger partial charge in [-0.3, -0.25) is 14.5 Å². The number of halogens is 2. The monoisotopic (exact) mass is 259 g/mol. The predicted octanol–water partition coefficient (Wildman–Crippen LogP) is -0.556. The Morgan fingerprint density at radius 2 is 1.61 bits per heavy atom. The van der Waals surface area contributed by atoms with Crippen LogP contribution in [0.1, 0.15) is 0 Å². The van der Waals surface area contributed by atoms with Crippen molar-refractivity contribution >= 4 is 11.8 Å². The minimum absolute atomic E-state index is 0.111. The van der Waals surface area contributed by atoms with Crippen LogP contribution in [-0.2, 0) is 19.1 Å². The quantitative estimate of drug-likeness (QED) is 0.493. The Morgan fingerprint density at radius 3 is 2.06 bits per heavy atom. The maximum atomic E-state index is 14.0. The maximum Gasteiger partial charge on any atom is 0.236 e. The summed E-state index contributed by atoms with van der Waals surface area (Å²) in [7, 11) is 0. The minimum Gasteiger partial charge on any atom is -0.371 e. The number of hydrogen-bond acceptors (Lipinski definition) is 4. The summed E-state index contributed by atoms with van der Waals surface area (Å²) >= 11 is 0. The Bertz CT molecular complexity index is 409. The van der Waals surface area contributed by atoms with E-state index in [-0.39, 0.29) is 12.6 Å². The van der Waals surface area contributed by atoms with E-state index >= 15 is 0 Å². The summed E-state index contributed by atoms with van der Waals surface area (Å²) in [5.74, 6) is -3.67. The van der Waals surface area contributed by atoms with Crippen LogP contribution in [0.5, 0.6) is 0 Å². The number of amides is 2.